The molecule has 0 N–H and O–H groups in total. The fourth-order valence-electron chi connectivity index (χ4n) is 3.88. The van der Waals surface area contributed by atoms with Gasteiger partial charge in [0.15, 0.2) is 14.7 Å². The van der Waals surface area contributed by atoms with Crippen LogP contribution in [-0.4, -0.2) is 0 Å². The van der Waals surface area contributed by atoms with Crippen molar-refractivity contribution >= 4 is 10.9 Å². The third-order valence-corrected chi connectivity index (χ3v) is 7.50. The van der Waals surface area contributed by atoms with E-state index in [9.17, 15) is 5.11 Å². The van der Waals surface area contributed by atoms with Crippen molar-refractivity contribution in [2.24, 2.45) is 0 Å². The molecule has 1 saturated carbocycles. The fraction of sp³-hybridized carbons (Fsp3) is 0.250. The molecule has 0 saturated heterocycles. The molecular weight excluding hydrogens is 336 g/mol. The van der Waals surface area contributed by atoms with Gasteiger partial charge in [0, 0.05) is 0 Å². The van der Waals surface area contributed by atoms with Crippen molar-refractivity contribution in [3.63, 3.8) is 0 Å². The molecular formula is C24H24OS. The predicted molar refractivity (Wildman–Crippen MR) is 107 cm³/mol. The average molecular weight is 361 g/mol. The molecule has 1 unspecified atom stereocenters. The SMILES string of the molecule is [O-]c1ccccc1[S+](c1ccccc1)c1ccc(C2CCCCC2)cc1. The Morgan fingerprint density at radius 2 is 1.27 bits per heavy atom. The first-order valence-corrected chi connectivity index (χ1v) is 10.7. The second kappa shape index (κ2) is 8.01. The third-order valence-electron chi connectivity index (χ3n) is 5.24. The number of rotatable bonds is 4. The van der Waals surface area contributed by atoms with Gasteiger partial charge in [-0.25, -0.2) is 0 Å². The lowest BCUT2D eigenvalue weighted by Gasteiger charge is -2.22. The monoisotopic (exact) mass is 360 g/mol. The molecule has 3 aromatic carbocycles. The van der Waals surface area contributed by atoms with E-state index in [0.717, 1.165) is 4.90 Å². The Bertz CT molecular complexity index is 836. The summed E-state index contributed by atoms with van der Waals surface area (Å²) in [4.78, 5) is 3.30. The molecule has 1 fully saturated rings. The van der Waals surface area contributed by atoms with Crippen LogP contribution >= 0.6 is 0 Å². The summed E-state index contributed by atoms with van der Waals surface area (Å²) >= 11 is 0. The number of para-hydroxylation sites is 1. The Kier molecular flexibility index (Phi) is 5.31. The Balaban J connectivity index is 1.71. The summed E-state index contributed by atoms with van der Waals surface area (Å²) in [5.41, 5.74) is 1.46. The molecule has 0 amide bonds. The molecule has 3 aromatic rings. The molecule has 1 aliphatic carbocycles. The molecule has 1 aliphatic rings. The van der Waals surface area contributed by atoms with Crippen molar-refractivity contribution in [3.05, 3.63) is 84.4 Å². The molecule has 0 aromatic heterocycles. The van der Waals surface area contributed by atoms with E-state index in [-0.39, 0.29) is 16.6 Å². The number of hydrogen-bond donors (Lipinski definition) is 0. The Morgan fingerprint density at radius 3 is 1.96 bits per heavy atom. The first-order valence-electron chi connectivity index (χ1n) is 9.48. The minimum absolute atomic E-state index is 0.121. The van der Waals surface area contributed by atoms with E-state index in [4.69, 9.17) is 0 Å². The largest absolute Gasteiger partial charge is 0.869 e. The molecule has 4 rings (SSSR count). The average Bonchev–Trinajstić information content (AvgIpc) is 2.72. The minimum atomic E-state index is -0.352. The summed E-state index contributed by atoms with van der Waals surface area (Å²) in [6, 6.07) is 26.9. The van der Waals surface area contributed by atoms with Crippen LogP contribution < -0.4 is 5.11 Å². The van der Waals surface area contributed by atoms with Gasteiger partial charge in [-0.2, -0.15) is 0 Å². The molecule has 1 atom stereocenters. The summed E-state index contributed by atoms with van der Waals surface area (Å²) < 4.78 is 0. The first kappa shape index (κ1) is 17.2. The standard InChI is InChI=1S/C24H24OS/c25-23-13-7-8-14-24(23)26(21-11-5-2-6-12-21)22-17-15-20(16-18-22)19-9-3-1-4-10-19/h2,5-8,11-19H,1,3-4,9-10H2. The highest BCUT2D eigenvalue weighted by atomic mass is 32.2. The van der Waals surface area contributed by atoms with Gasteiger partial charge in [-0.1, -0.05) is 73.5 Å². The zero-order chi connectivity index (χ0) is 17.8. The quantitative estimate of drug-likeness (QED) is 0.531. The topological polar surface area (TPSA) is 23.1 Å². The van der Waals surface area contributed by atoms with E-state index in [2.05, 4.69) is 48.5 Å². The Morgan fingerprint density at radius 1 is 0.654 bits per heavy atom. The fourth-order valence-corrected chi connectivity index (χ4v) is 5.98. The highest BCUT2D eigenvalue weighted by Crippen LogP contribution is 2.37. The van der Waals surface area contributed by atoms with Crippen LogP contribution in [0.15, 0.2) is 93.5 Å². The van der Waals surface area contributed by atoms with Crippen molar-refractivity contribution in [1.82, 2.24) is 0 Å². The van der Waals surface area contributed by atoms with Crippen molar-refractivity contribution in [1.29, 1.82) is 0 Å². The normalized spacial score (nSPS) is 16.3. The van der Waals surface area contributed by atoms with Crippen LogP contribution in [0.1, 0.15) is 43.6 Å². The van der Waals surface area contributed by atoms with Crippen molar-refractivity contribution in [2.45, 2.75) is 52.7 Å². The van der Waals surface area contributed by atoms with E-state index in [1.807, 2.05) is 24.3 Å². The molecule has 26 heavy (non-hydrogen) atoms. The van der Waals surface area contributed by atoms with Crippen LogP contribution in [0.5, 0.6) is 5.75 Å². The van der Waals surface area contributed by atoms with Crippen molar-refractivity contribution in [2.75, 3.05) is 0 Å². The van der Waals surface area contributed by atoms with Gasteiger partial charge < -0.3 is 5.11 Å². The maximum Gasteiger partial charge on any atom is 0.166 e. The van der Waals surface area contributed by atoms with Crippen LogP contribution in [0, 0.1) is 0 Å². The summed E-state index contributed by atoms with van der Waals surface area (Å²) in [6.45, 7) is 0. The second-order valence-corrected chi connectivity index (χ2v) is 8.96. The molecule has 2 heteroatoms. The highest BCUT2D eigenvalue weighted by Gasteiger charge is 2.29. The maximum absolute atomic E-state index is 12.5. The van der Waals surface area contributed by atoms with Crippen LogP contribution in [-0.2, 0) is 10.9 Å². The van der Waals surface area contributed by atoms with E-state index >= 15 is 0 Å². The van der Waals surface area contributed by atoms with Crippen LogP contribution in [0.25, 0.3) is 0 Å². The van der Waals surface area contributed by atoms with E-state index in [0.29, 0.717) is 5.92 Å². The Hall–Kier alpha value is -2.19. The lowest BCUT2D eigenvalue weighted by atomic mass is 9.84. The van der Waals surface area contributed by atoms with E-state index in [1.54, 1.807) is 6.07 Å². The van der Waals surface area contributed by atoms with Gasteiger partial charge in [0.1, 0.15) is 0 Å². The summed E-state index contributed by atoms with van der Waals surface area (Å²) in [6.07, 6.45) is 6.71. The van der Waals surface area contributed by atoms with Crippen molar-refractivity contribution < 1.29 is 5.11 Å². The van der Waals surface area contributed by atoms with Crippen LogP contribution in [0.3, 0.4) is 0 Å². The molecule has 0 bridgehead atoms. The van der Waals surface area contributed by atoms with E-state index in [1.165, 1.54) is 47.5 Å². The van der Waals surface area contributed by atoms with Gasteiger partial charge in [0.2, 0.25) is 0 Å². The van der Waals surface area contributed by atoms with Crippen molar-refractivity contribution in [3.8, 4) is 5.75 Å². The maximum atomic E-state index is 12.5. The Labute approximate surface area is 159 Å². The number of hydrogen-bond acceptors (Lipinski definition) is 1. The lowest BCUT2D eigenvalue weighted by Crippen LogP contribution is -2.09. The van der Waals surface area contributed by atoms with Gasteiger partial charge in [0.25, 0.3) is 0 Å². The predicted octanol–water partition coefficient (Wildman–Crippen LogP) is 5.90. The zero-order valence-electron chi connectivity index (χ0n) is 14.9. The van der Waals surface area contributed by atoms with Crippen LogP contribution in [0.2, 0.25) is 0 Å². The molecule has 0 radical (unpaired) electrons. The minimum Gasteiger partial charge on any atom is -0.869 e. The van der Waals surface area contributed by atoms with Gasteiger partial charge in [-0.15, -0.1) is 0 Å². The lowest BCUT2D eigenvalue weighted by molar-refractivity contribution is -0.272. The van der Waals surface area contributed by atoms with Gasteiger partial charge in [-0.3, -0.25) is 0 Å². The third kappa shape index (κ3) is 3.66. The highest BCUT2D eigenvalue weighted by molar-refractivity contribution is 7.97. The number of benzene rings is 3. The summed E-state index contributed by atoms with van der Waals surface area (Å²) in [5.74, 6) is 0.833. The molecule has 0 heterocycles. The smallest absolute Gasteiger partial charge is 0.166 e. The van der Waals surface area contributed by atoms with Gasteiger partial charge in [-0.05, 0) is 54.7 Å². The van der Waals surface area contributed by atoms with Crippen LogP contribution in [0.4, 0.5) is 0 Å². The summed E-state index contributed by atoms with van der Waals surface area (Å²) in [5, 5.41) is 12.5. The van der Waals surface area contributed by atoms with Gasteiger partial charge >= 0.3 is 0 Å². The molecule has 132 valence electrons. The zero-order valence-corrected chi connectivity index (χ0v) is 15.8. The molecule has 1 nitrogen and oxygen atoms in total. The second-order valence-electron chi connectivity index (χ2n) is 6.97. The molecule has 0 spiro atoms. The summed E-state index contributed by atoms with van der Waals surface area (Å²) in [7, 11) is -0.352. The van der Waals surface area contributed by atoms with E-state index < -0.39 is 0 Å². The van der Waals surface area contributed by atoms with Gasteiger partial charge in [0.05, 0.1) is 10.9 Å². The molecule has 0 aliphatic heterocycles. The first-order chi connectivity index (χ1) is 12.8.